The van der Waals surface area contributed by atoms with Crippen molar-refractivity contribution in [2.45, 2.75) is 0 Å². The lowest BCUT2D eigenvalue weighted by molar-refractivity contribution is 0.122. The van der Waals surface area contributed by atoms with E-state index in [1.54, 1.807) is 13.3 Å². The second-order valence-corrected chi connectivity index (χ2v) is 8.19. The van der Waals surface area contributed by atoms with Gasteiger partial charge in [0, 0.05) is 48.8 Å². The van der Waals surface area contributed by atoms with E-state index in [0.717, 1.165) is 41.1 Å². The molecule has 176 valence electrons. The largest absolute Gasteiger partial charge is 0.495 e. The number of fused-ring (bicyclic) bond motifs is 2. The van der Waals surface area contributed by atoms with Gasteiger partial charge in [0.05, 0.1) is 31.5 Å². The highest BCUT2D eigenvalue weighted by Crippen LogP contribution is 2.34. The predicted octanol–water partition coefficient (Wildman–Crippen LogP) is 3.51. The topological polar surface area (TPSA) is 116 Å². The van der Waals surface area contributed by atoms with E-state index in [4.69, 9.17) is 20.2 Å². The third kappa shape index (κ3) is 3.93. The lowest BCUT2D eigenvalue weighted by Crippen LogP contribution is -2.36. The van der Waals surface area contributed by atoms with Crippen LogP contribution in [0.2, 0.25) is 0 Å². The Bertz CT molecular complexity index is 1530. The van der Waals surface area contributed by atoms with Gasteiger partial charge in [-0.2, -0.15) is 0 Å². The molecule has 0 aliphatic carbocycles. The molecule has 4 heterocycles. The molecular weight excluding hydrogens is 444 g/mol. The molecule has 3 N–H and O–H groups in total. The first-order chi connectivity index (χ1) is 17.2. The first-order valence-electron chi connectivity index (χ1n) is 11.3. The number of benzene rings is 2. The van der Waals surface area contributed by atoms with Crippen LogP contribution in [0.5, 0.6) is 5.75 Å². The van der Waals surface area contributed by atoms with E-state index in [-0.39, 0.29) is 5.95 Å². The maximum absolute atomic E-state index is 6.01. The van der Waals surface area contributed by atoms with E-state index < -0.39 is 0 Å². The quantitative estimate of drug-likeness (QED) is 0.400. The molecule has 0 atom stereocenters. The molecule has 1 aliphatic heterocycles. The maximum Gasteiger partial charge on any atom is 0.221 e. The fourth-order valence-corrected chi connectivity index (χ4v) is 4.38. The van der Waals surface area contributed by atoms with E-state index in [2.05, 4.69) is 31.2 Å². The fraction of sp³-hybridized carbons (Fsp3) is 0.200. The number of hydrogen-bond acceptors (Lipinski definition) is 9. The summed E-state index contributed by atoms with van der Waals surface area (Å²) in [4.78, 5) is 20.5. The molecule has 10 nitrogen and oxygen atoms in total. The van der Waals surface area contributed by atoms with Crippen molar-refractivity contribution in [3.63, 3.8) is 0 Å². The van der Waals surface area contributed by atoms with Gasteiger partial charge < -0.3 is 29.8 Å². The van der Waals surface area contributed by atoms with Crippen molar-refractivity contribution >= 4 is 39.7 Å². The van der Waals surface area contributed by atoms with Gasteiger partial charge in [-0.3, -0.25) is 0 Å². The number of nitrogens with two attached hydrogens (primary N) is 1. The smallest absolute Gasteiger partial charge is 0.221 e. The molecule has 1 saturated heterocycles. The van der Waals surface area contributed by atoms with Gasteiger partial charge in [-0.05, 0) is 18.2 Å². The Balaban J connectivity index is 1.42. The van der Waals surface area contributed by atoms with Crippen LogP contribution in [0.15, 0.2) is 61.1 Å². The highest BCUT2D eigenvalue weighted by molar-refractivity contribution is 5.92. The van der Waals surface area contributed by atoms with Crippen molar-refractivity contribution in [2.24, 2.45) is 0 Å². The highest BCUT2D eigenvalue weighted by Gasteiger charge is 2.18. The van der Waals surface area contributed by atoms with Crippen LogP contribution in [-0.2, 0) is 4.74 Å². The van der Waals surface area contributed by atoms with Gasteiger partial charge in [0.15, 0.2) is 11.5 Å². The molecule has 5 aromatic rings. The average Bonchev–Trinajstić information content (AvgIpc) is 3.38. The van der Waals surface area contributed by atoms with Crippen molar-refractivity contribution in [1.82, 2.24) is 24.3 Å². The van der Waals surface area contributed by atoms with Crippen LogP contribution in [-0.4, -0.2) is 57.7 Å². The molecule has 1 fully saturated rings. The molecule has 2 aromatic carbocycles. The van der Waals surface area contributed by atoms with Crippen LogP contribution in [0, 0.1) is 0 Å². The Morgan fingerprint density at radius 3 is 2.77 bits per heavy atom. The van der Waals surface area contributed by atoms with Gasteiger partial charge in [0.25, 0.3) is 0 Å². The van der Waals surface area contributed by atoms with Crippen LogP contribution in [0.25, 0.3) is 27.9 Å². The summed E-state index contributed by atoms with van der Waals surface area (Å²) in [6, 6.07) is 13.8. The average molecular weight is 469 g/mol. The van der Waals surface area contributed by atoms with Crippen LogP contribution in [0.1, 0.15) is 0 Å². The number of rotatable bonds is 5. The molecule has 3 aromatic heterocycles. The predicted molar refractivity (Wildman–Crippen MR) is 135 cm³/mol. The summed E-state index contributed by atoms with van der Waals surface area (Å²) in [5.74, 6) is 1.57. The zero-order valence-electron chi connectivity index (χ0n) is 19.2. The number of nitrogens with one attached hydrogen (secondary N) is 1. The van der Waals surface area contributed by atoms with Crippen molar-refractivity contribution in [3.8, 4) is 17.1 Å². The molecule has 6 rings (SSSR count). The Labute approximate surface area is 201 Å². The summed E-state index contributed by atoms with van der Waals surface area (Å²) in [7, 11) is 1.68. The Kier molecular flexibility index (Phi) is 5.27. The second kappa shape index (κ2) is 8.73. The van der Waals surface area contributed by atoms with E-state index in [1.807, 2.05) is 53.2 Å². The summed E-state index contributed by atoms with van der Waals surface area (Å²) < 4.78 is 13.1. The number of aromatic nitrogens is 5. The number of hydrogen-bond donors (Lipinski definition) is 2. The zero-order chi connectivity index (χ0) is 23.8. The number of ether oxygens (including phenoxy) is 2. The number of anilines is 4. The summed E-state index contributed by atoms with van der Waals surface area (Å²) >= 11 is 0. The maximum atomic E-state index is 6.01. The SMILES string of the molecule is COc1cc(Nc2nc(-c3nc(N)nc4ccccc34)cn3ccnc23)ccc1N1CCOCC1. The van der Waals surface area contributed by atoms with E-state index in [1.165, 1.54) is 0 Å². The molecule has 0 spiro atoms. The number of imidazole rings is 1. The normalized spacial score (nSPS) is 13.9. The minimum atomic E-state index is 0.198. The van der Waals surface area contributed by atoms with Crippen LogP contribution >= 0.6 is 0 Å². The van der Waals surface area contributed by atoms with Gasteiger partial charge >= 0.3 is 0 Å². The van der Waals surface area contributed by atoms with Crippen LogP contribution < -0.4 is 20.7 Å². The number of morpholine rings is 1. The minimum Gasteiger partial charge on any atom is -0.495 e. The number of methoxy groups -OCH3 is 1. The molecule has 0 amide bonds. The van der Waals surface area contributed by atoms with E-state index in [0.29, 0.717) is 36.1 Å². The van der Waals surface area contributed by atoms with Gasteiger partial charge in [0.1, 0.15) is 17.1 Å². The highest BCUT2D eigenvalue weighted by atomic mass is 16.5. The summed E-state index contributed by atoms with van der Waals surface area (Å²) in [5.41, 5.74) is 10.7. The standard InChI is InChI=1S/C25H24N8O2/c1-34-21-14-16(6-7-20(21)32-10-12-35-13-11-32)28-23-24-27-8-9-33(24)15-19(29-23)22-17-4-2-3-5-18(17)30-25(26)31-22/h2-9,14-15H,10-13H2,1H3,(H,28,29)(H2,26,30,31). The number of nitrogen functional groups attached to an aromatic ring is 1. The molecular formula is C25H24N8O2. The Morgan fingerprint density at radius 1 is 1.06 bits per heavy atom. The van der Waals surface area contributed by atoms with Gasteiger partial charge in [0.2, 0.25) is 5.95 Å². The Morgan fingerprint density at radius 2 is 1.91 bits per heavy atom. The van der Waals surface area contributed by atoms with Gasteiger partial charge in [-0.1, -0.05) is 18.2 Å². The monoisotopic (exact) mass is 468 g/mol. The summed E-state index contributed by atoms with van der Waals surface area (Å²) in [5, 5.41) is 4.29. The van der Waals surface area contributed by atoms with E-state index in [9.17, 15) is 0 Å². The summed E-state index contributed by atoms with van der Waals surface area (Å²) in [6.45, 7) is 3.08. The molecule has 35 heavy (non-hydrogen) atoms. The van der Waals surface area contributed by atoms with Crippen molar-refractivity contribution in [3.05, 3.63) is 61.1 Å². The molecule has 0 unspecified atom stereocenters. The number of para-hydroxylation sites is 1. The lowest BCUT2D eigenvalue weighted by Gasteiger charge is -2.30. The molecule has 1 aliphatic rings. The first kappa shape index (κ1) is 21.1. The summed E-state index contributed by atoms with van der Waals surface area (Å²) in [6.07, 6.45) is 5.50. The van der Waals surface area contributed by atoms with E-state index >= 15 is 0 Å². The van der Waals surface area contributed by atoms with Crippen molar-refractivity contribution < 1.29 is 9.47 Å². The third-order valence-corrected chi connectivity index (χ3v) is 6.03. The van der Waals surface area contributed by atoms with Gasteiger partial charge in [-0.25, -0.2) is 19.9 Å². The molecule has 0 saturated carbocycles. The molecule has 0 bridgehead atoms. The van der Waals surface area contributed by atoms with Gasteiger partial charge in [-0.15, -0.1) is 0 Å². The lowest BCUT2D eigenvalue weighted by atomic mass is 10.1. The first-order valence-corrected chi connectivity index (χ1v) is 11.3. The second-order valence-electron chi connectivity index (χ2n) is 8.19. The van der Waals surface area contributed by atoms with Crippen molar-refractivity contribution in [2.75, 3.05) is 49.4 Å². The van der Waals surface area contributed by atoms with Crippen molar-refractivity contribution in [1.29, 1.82) is 0 Å². The molecule has 0 radical (unpaired) electrons. The Hall–Kier alpha value is -4.44. The zero-order valence-corrected chi connectivity index (χ0v) is 19.2. The number of nitrogens with zero attached hydrogens (tertiary/aromatic N) is 6. The fourth-order valence-electron chi connectivity index (χ4n) is 4.38. The molecule has 10 heteroatoms. The van der Waals surface area contributed by atoms with Crippen LogP contribution in [0.3, 0.4) is 0 Å². The third-order valence-electron chi connectivity index (χ3n) is 6.03. The minimum absolute atomic E-state index is 0.198. The van der Waals surface area contributed by atoms with Crippen LogP contribution in [0.4, 0.5) is 23.1 Å².